The minimum Gasteiger partial charge on any atom is -0.349 e. The predicted octanol–water partition coefficient (Wildman–Crippen LogP) is 3.56. The van der Waals surface area contributed by atoms with Crippen molar-refractivity contribution in [2.75, 3.05) is 0 Å². The molecule has 2 nitrogen and oxygen atoms in total. The van der Waals surface area contributed by atoms with Gasteiger partial charge in [0.2, 0.25) is 5.91 Å². The van der Waals surface area contributed by atoms with Crippen LogP contribution in [0.2, 0.25) is 0 Å². The van der Waals surface area contributed by atoms with Crippen molar-refractivity contribution in [1.29, 1.82) is 0 Å². The first-order valence-electron chi connectivity index (χ1n) is 7.34. The maximum Gasteiger partial charge on any atom is 0.220 e. The molecule has 0 bridgehead atoms. The Morgan fingerprint density at radius 1 is 1.14 bits per heavy atom. The summed E-state index contributed by atoms with van der Waals surface area (Å²) in [4.78, 5) is 12.1. The SMILES string of the molecule is O=C(CCc1ccccc1F)NC1CCc2ccccc21. The summed E-state index contributed by atoms with van der Waals surface area (Å²) < 4.78 is 13.5. The minimum absolute atomic E-state index is 0.0139. The number of benzene rings is 2. The Morgan fingerprint density at radius 3 is 2.76 bits per heavy atom. The molecule has 3 heteroatoms. The van der Waals surface area contributed by atoms with E-state index in [0.717, 1.165) is 12.8 Å². The highest BCUT2D eigenvalue weighted by molar-refractivity contribution is 5.77. The highest BCUT2D eigenvalue weighted by Gasteiger charge is 2.23. The number of hydrogen-bond donors (Lipinski definition) is 1. The molecular weight excluding hydrogens is 265 g/mol. The Hall–Kier alpha value is -2.16. The molecule has 0 saturated heterocycles. The fraction of sp³-hybridized carbons (Fsp3) is 0.278. The van der Waals surface area contributed by atoms with Gasteiger partial charge in [-0.15, -0.1) is 0 Å². The molecule has 0 aromatic heterocycles. The van der Waals surface area contributed by atoms with Gasteiger partial charge in [-0.25, -0.2) is 4.39 Å². The topological polar surface area (TPSA) is 29.1 Å². The summed E-state index contributed by atoms with van der Waals surface area (Å²) in [5, 5.41) is 3.06. The molecule has 1 unspecified atom stereocenters. The minimum atomic E-state index is -0.239. The molecule has 0 fully saturated rings. The predicted molar refractivity (Wildman–Crippen MR) is 80.4 cm³/mol. The zero-order valence-electron chi connectivity index (χ0n) is 11.8. The number of amides is 1. The van der Waals surface area contributed by atoms with Crippen molar-refractivity contribution >= 4 is 5.91 Å². The molecule has 1 atom stereocenters. The number of halogens is 1. The van der Waals surface area contributed by atoms with Gasteiger partial charge in [-0.3, -0.25) is 4.79 Å². The fourth-order valence-electron chi connectivity index (χ4n) is 2.92. The molecule has 21 heavy (non-hydrogen) atoms. The fourth-order valence-corrected chi connectivity index (χ4v) is 2.92. The van der Waals surface area contributed by atoms with E-state index in [9.17, 15) is 9.18 Å². The van der Waals surface area contributed by atoms with E-state index in [-0.39, 0.29) is 17.8 Å². The van der Waals surface area contributed by atoms with E-state index in [1.807, 2.05) is 12.1 Å². The molecule has 0 spiro atoms. The molecule has 108 valence electrons. The summed E-state index contributed by atoms with van der Waals surface area (Å²) in [5.41, 5.74) is 3.13. The average molecular weight is 283 g/mol. The van der Waals surface area contributed by atoms with Crippen molar-refractivity contribution in [3.8, 4) is 0 Å². The van der Waals surface area contributed by atoms with Crippen LogP contribution in [0.15, 0.2) is 48.5 Å². The highest BCUT2D eigenvalue weighted by atomic mass is 19.1. The average Bonchev–Trinajstić information content (AvgIpc) is 2.90. The van der Waals surface area contributed by atoms with Crippen LogP contribution in [-0.4, -0.2) is 5.91 Å². The third-order valence-electron chi connectivity index (χ3n) is 4.05. The summed E-state index contributed by atoms with van der Waals surface area (Å²) in [6, 6.07) is 14.9. The first-order chi connectivity index (χ1) is 10.2. The Bertz CT molecular complexity index is 653. The zero-order valence-corrected chi connectivity index (χ0v) is 11.8. The van der Waals surface area contributed by atoms with Gasteiger partial charge in [0.05, 0.1) is 6.04 Å². The first kappa shape index (κ1) is 13.8. The van der Waals surface area contributed by atoms with Crippen molar-refractivity contribution in [3.63, 3.8) is 0 Å². The number of hydrogen-bond acceptors (Lipinski definition) is 1. The standard InChI is InChI=1S/C18H18FNO/c19-16-8-4-2-6-14(16)10-12-18(21)20-17-11-9-13-5-1-3-7-15(13)17/h1-8,17H,9-12H2,(H,20,21). The van der Waals surface area contributed by atoms with Crippen molar-refractivity contribution in [2.24, 2.45) is 0 Å². The summed E-state index contributed by atoms with van der Waals surface area (Å²) in [6.07, 6.45) is 2.71. The third-order valence-corrected chi connectivity index (χ3v) is 4.05. The second-order valence-corrected chi connectivity index (χ2v) is 5.45. The zero-order chi connectivity index (χ0) is 14.7. The molecule has 0 saturated carbocycles. The lowest BCUT2D eigenvalue weighted by molar-refractivity contribution is -0.121. The molecule has 2 aromatic rings. The smallest absolute Gasteiger partial charge is 0.220 e. The van der Waals surface area contributed by atoms with Crippen LogP contribution in [0, 0.1) is 5.82 Å². The molecule has 1 N–H and O–H groups in total. The van der Waals surface area contributed by atoms with Crippen LogP contribution in [-0.2, 0) is 17.6 Å². The van der Waals surface area contributed by atoms with E-state index in [1.54, 1.807) is 18.2 Å². The van der Waals surface area contributed by atoms with Gasteiger partial charge in [0.15, 0.2) is 0 Å². The quantitative estimate of drug-likeness (QED) is 0.913. The van der Waals surface area contributed by atoms with Gasteiger partial charge in [0.25, 0.3) is 0 Å². The molecule has 1 aliphatic rings. The number of nitrogens with one attached hydrogen (secondary N) is 1. The summed E-state index contributed by atoms with van der Waals surface area (Å²) in [5.74, 6) is -0.253. The van der Waals surface area contributed by atoms with Gasteiger partial charge in [-0.05, 0) is 42.0 Å². The first-order valence-corrected chi connectivity index (χ1v) is 7.34. The van der Waals surface area contributed by atoms with Crippen LogP contribution in [0.1, 0.15) is 35.6 Å². The second-order valence-electron chi connectivity index (χ2n) is 5.45. The van der Waals surface area contributed by atoms with Crippen molar-refractivity contribution in [1.82, 2.24) is 5.32 Å². The number of aryl methyl sites for hydroxylation is 2. The van der Waals surface area contributed by atoms with E-state index in [4.69, 9.17) is 0 Å². The lowest BCUT2D eigenvalue weighted by atomic mass is 10.1. The molecule has 0 heterocycles. The second kappa shape index (κ2) is 6.08. The Labute approximate surface area is 124 Å². The highest BCUT2D eigenvalue weighted by Crippen LogP contribution is 2.30. The molecule has 2 aromatic carbocycles. The van der Waals surface area contributed by atoms with Gasteiger partial charge in [-0.2, -0.15) is 0 Å². The van der Waals surface area contributed by atoms with Crippen LogP contribution < -0.4 is 5.32 Å². The van der Waals surface area contributed by atoms with E-state index in [2.05, 4.69) is 17.4 Å². The van der Waals surface area contributed by atoms with E-state index in [1.165, 1.54) is 17.2 Å². The van der Waals surface area contributed by atoms with Crippen LogP contribution in [0.5, 0.6) is 0 Å². The normalized spacial score (nSPS) is 16.5. The summed E-state index contributed by atoms with van der Waals surface area (Å²) >= 11 is 0. The van der Waals surface area contributed by atoms with Gasteiger partial charge >= 0.3 is 0 Å². The summed E-state index contributed by atoms with van der Waals surface area (Å²) in [6.45, 7) is 0. The molecular formula is C18H18FNO. The van der Waals surface area contributed by atoms with Crippen molar-refractivity contribution in [2.45, 2.75) is 31.7 Å². The number of carbonyl (C=O) groups excluding carboxylic acids is 1. The number of fused-ring (bicyclic) bond motifs is 1. The van der Waals surface area contributed by atoms with Crippen LogP contribution in [0.25, 0.3) is 0 Å². The van der Waals surface area contributed by atoms with Crippen LogP contribution in [0.4, 0.5) is 4.39 Å². The number of rotatable bonds is 4. The lowest BCUT2D eigenvalue weighted by Crippen LogP contribution is -2.27. The monoisotopic (exact) mass is 283 g/mol. The van der Waals surface area contributed by atoms with E-state index < -0.39 is 0 Å². The Morgan fingerprint density at radius 2 is 1.90 bits per heavy atom. The maximum absolute atomic E-state index is 13.5. The molecule has 1 aliphatic carbocycles. The van der Waals surface area contributed by atoms with Gasteiger partial charge in [-0.1, -0.05) is 42.5 Å². The van der Waals surface area contributed by atoms with Crippen LogP contribution in [0.3, 0.4) is 0 Å². The molecule has 0 radical (unpaired) electrons. The molecule has 0 aliphatic heterocycles. The Balaban J connectivity index is 1.57. The summed E-state index contributed by atoms with van der Waals surface area (Å²) in [7, 11) is 0. The lowest BCUT2D eigenvalue weighted by Gasteiger charge is -2.14. The maximum atomic E-state index is 13.5. The van der Waals surface area contributed by atoms with E-state index >= 15 is 0 Å². The van der Waals surface area contributed by atoms with Gasteiger partial charge < -0.3 is 5.32 Å². The molecule has 3 rings (SSSR count). The van der Waals surface area contributed by atoms with Crippen LogP contribution >= 0.6 is 0 Å². The van der Waals surface area contributed by atoms with Crippen molar-refractivity contribution in [3.05, 3.63) is 71.0 Å². The number of carbonyl (C=O) groups is 1. The van der Waals surface area contributed by atoms with Gasteiger partial charge in [0, 0.05) is 6.42 Å². The molecule has 1 amide bonds. The van der Waals surface area contributed by atoms with E-state index in [0.29, 0.717) is 18.4 Å². The largest absolute Gasteiger partial charge is 0.349 e. The van der Waals surface area contributed by atoms with Crippen molar-refractivity contribution < 1.29 is 9.18 Å². The van der Waals surface area contributed by atoms with Gasteiger partial charge in [0.1, 0.15) is 5.82 Å². The Kier molecular flexibility index (Phi) is 4.00. The third kappa shape index (κ3) is 3.13.